The quantitative estimate of drug-likeness (QED) is 0.594. The van der Waals surface area contributed by atoms with Crippen LogP contribution < -0.4 is 5.32 Å². The van der Waals surface area contributed by atoms with E-state index in [1.54, 1.807) is 6.07 Å². The van der Waals surface area contributed by atoms with Gasteiger partial charge >= 0.3 is 5.00 Å². The Hall–Kier alpha value is -1.80. The molecule has 2 unspecified atom stereocenters. The SMILES string of the molecule is O=[N+]([O-])c1cc(CNCC2CC(O)CN2Cc2ccccc2)cs1. The maximum atomic E-state index is 10.7. The fourth-order valence-corrected chi connectivity index (χ4v) is 3.84. The predicted octanol–water partition coefficient (Wildman–Crippen LogP) is 2.38. The van der Waals surface area contributed by atoms with Crippen LogP contribution >= 0.6 is 11.3 Å². The second kappa shape index (κ2) is 7.85. The summed E-state index contributed by atoms with van der Waals surface area (Å²) in [4.78, 5) is 12.6. The number of likely N-dealkylation sites (tertiary alicyclic amines) is 1. The minimum Gasteiger partial charge on any atom is -0.392 e. The van der Waals surface area contributed by atoms with E-state index in [9.17, 15) is 15.2 Å². The summed E-state index contributed by atoms with van der Waals surface area (Å²) >= 11 is 1.15. The highest BCUT2D eigenvalue weighted by Gasteiger charge is 2.30. The first-order chi connectivity index (χ1) is 11.6. The summed E-state index contributed by atoms with van der Waals surface area (Å²) in [5.41, 5.74) is 2.17. The number of hydrogen-bond acceptors (Lipinski definition) is 6. The predicted molar refractivity (Wildman–Crippen MR) is 93.9 cm³/mol. The number of aliphatic hydroxyl groups excluding tert-OH is 1. The van der Waals surface area contributed by atoms with E-state index in [0.717, 1.165) is 36.4 Å². The van der Waals surface area contributed by atoms with E-state index in [0.29, 0.717) is 13.1 Å². The fraction of sp³-hybridized carbons (Fsp3) is 0.412. The standard InChI is InChI=1S/C17H21N3O3S/c21-16-7-15(19(11-16)10-13-4-2-1-3-5-13)9-18-8-14-6-17(20(22)23)24-12-14/h1-6,12,15-16,18,21H,7-11H2. The molecule has 24 heavy (non-hydrogen) atoms. The molecule has 1 aliphatic rings. The molecular weight excluding hydrogens is 326 g/mol. The maximum Gasteiger partial charge on any atom is 0.324 e. The van der Waals surface area contributed by atoms with Crippen LogP contribution in [0.25, 0.3) is 0 Å². The zero-order chi connectivity index (χ0) is 16.9. The lowest BCUT2D eigenvalue weighted by Crippen LogP contribution is -2.37. The molecule has 0 bridgehead atoms. The van der Waals surface area contributed by atoms with Crippen molar-refractivity contribution in [3.05, 3.63) is 63.0 Å². The molecule has 0 saturated carbocycles. The third-order valence-corrected chi connectivity index (χ3v) is 5.19. The van der Waals surface area contributed by atoms with E-state index in [2.05, 4.69) is 22.3 Å². The number of rotatable bonds is 7. The molecular formula is C17H21N3O3S. The minimum absolute atomic E-state index is 0.175. The Morgan fingerprint density at radius 1 is 1.33 bits per heavy atom. The van der Waals surface area contributed by atoms with Gasteiger partial charge in [-0.25, -0.2) is 0 Å². The number of nitro groups is 1. The lowest BCUT2D eigenvalue weighted by atomic mass is 10.1. The third-order valence-electron chi connectivity index (χ3n) is 4.26. The van der Waals surface area contributed by atoms with Crippen molar-refractivity contribution in [2.45, 2.75) is 31.7 Å². The van der Waals surface area contributed by atoms with Crippen molar-refractivity contribution in [2.75, 3.05) is 13.1 Å². The summed E-state index contributed by atoms with van der Waals surface area (Å²) in [6, 6.07) is 12.1. The molecule has 3 rings (SSSR count). The van der Waals surface area contributed by atoms with Gasteiger partial charge in [0, 0.05) is 43.7 Å². The smallest absolute Gasteiger partial charge is 0.324 e. The molecule has 1 aromatic heterocycles. The Bertz CT molecular complexity index is 677. The van der Waals surface area contributed by atoms with Gasteiger partial charge in [0.2, 0.25) is 0 Å². The number of β-amino-alcohol motifs (C(OH)–C–C–N with tert-alkyl or cyclic N) is 1. The van der Waals surface area contributed by atoms with Gasteiger partial charge < -0.3 is 10.4 Å². The molecule has 0 aliphatic carbocycles. The average Bonchev–Trinajstić information content (AvgIpc) is 3.16. The summed E-state index contributed by atoms with van der Waals surface area (Å²) in [5.74, 6) is 0. The first kappa shape index (κ1) is 17.0. The van der Waals surface area contributed by atoms with Gasteiger partial charge in [-0.3, -0.25) is 15.0 Å². The van der Waals surface area contributed by atoms with Gasteiger partial charge in [0.1, 0.15) is 0 Å². The zero-order valence-corrected chi connectivity index (χ0v) is 14.1. The van der Waals surface area contributed by atoms with Crippen molar-refractivity contribution in [3.63, 3.8) is 0 Å². The topological polar surface area (TPSA) is 78.6 Å². The molecule has 0 amide bonds. The molecule has 2 N–H and O–H groups in total. The molecule has 1 aromatic carbocycles. The van der Waals surface area contributed by atoms with Crippen LogP contribution in [-0.4, -0.2) is 40.2 Å². The molecule has 6 nitrogen and oxygen atoms in total. The monoisotopic (exact) mass is 347 g/mol. The second-order valence-corrected chi connectivity index (χ2v) is 7.03. The van der Waals surface area contributed by atoms with Crippen LogP contribution in [0.2, 0.25) is 0 Å². The molecule has 0 spiro atoms. The normalized spacial score (nSPS) is 21.2. The van der Waals surface area contributed by atoms with Gasteiger partial charge in [-0.1, -0.05) is 41.7 Å². The highest BCUT2D eigenvalue weighted by Crippen LogP contribution is 2.23. The Morgan fingerprint density at radius 2 is 2.12 bits per heavy atom. The lowest BCUT2D eigenvalue weighted by molar-refractivity contribution is -0.380. The van der Waals surface area contributed by atoms with E-state index < -0.39 is 0 Å². The van der Waals surface area contributed by atoms with Crippen molar-refractivity contribution >= 4 is 16.3 Å². The summed E-state index contributed by atoms with van der Waals surface area (Å²) in [6.45, 7) is 2.88. The number of hydrogen-bond donors (Lipinski definition) is 2. The van der Waals surface area contributed by atoms with E-state index in [1.807, 2.05) is 23.6 Å². The Kier molecular flexibility index (Phi) is 5.57. The van der Waals surface area contributed by atoms with Crippen molar-refractivity contribution < 1.29 is 10.0 Å². The molecule has 2 aromatic rings. The van der Waals surface area contributed by atoms with E-state index in [1.165, 1.54) is 5.56 Å². The summed E-state index contributed by atoms with van der Waals surface area (Å²) < 4.78 is 0. The van der Waals surface area contributed by atoms with Gasteiger partial charge in [-0.2, -0.15) is 0 Å². The summed E-state index contributed by atoms with van der Waals surface area (Å²) in [6.07, 6.45) is 0.464. The Morgan fingerprint density at radius 3 is 2.83 bits per heavy atom. The van der Waals surface area contributed by atoms with Crippen LogP contribution in [0.1, 0.15) is 17.5 Å². The molecule has 128 valence electrons. The Labute approximate surface area is 144 Å². The lowest BCUT2D eigenvalue weighted by Gasteiger charge is -2.24. The second-order valence-electron chi connectivity index (χ2n) is 6.14. The summed E-state index contributed by atoms with van der Waals surface area (Å²) in [7, 11) is 0. The van der Waals surface area contributed by atoms with Crippen molar-refractivity contribution in [1.82, 2.24) is 10.2 Å². The van der Waals surface area contributed by atoms with E-state index in [-0.39, 0.29) is 22.1 Å². The zero-order valence-electron chi connectivity index (χ0n) is 13.3. The number of aliphatic hydroxyl groups is 1. The van der Waals surface area contributed by atoms with Crippen LogP contribution in [0.3, 0.4) is 0 Å². The highest BCUT2D eigenvalue weighted by atomic mass is 32.1. The van der Waals surface area contributed by atoms with Crippen LogP contribution in [0.5, 0.6) is 0 Å². The maximum absolute atomic E-state index is 10.7. The summed E-state index contributed by atoms with van der Waals surface area (Å²) in [5, 5.41) is 26.1. The largest absolute Gasteiger partial charge is 0.392 e. The van der Waals surface area contributed by atoms with Crippen LogP contribution in [0, 0.1) is 10.1 Å². The molecule has 1 fully saturated rings. The van der Waals surface area contributed by atoms with E-state index in [4.69, 9.17) is 0 Å². The first-order valence-electron chi connectivity index (χ1n) is 8.00. The molecule has 2 atom stereocenters. The molecule has 7 heteroatoms. The van der Waals surface area contributed by atoms with Crippen molar-refractivity contribution in [2.24, 2.45) is 0 Å². The minimum atomic E-state index is -0.358. The average molecular weight is 347 g/mol. The van der Waals surface area contributed by atoms with Gasteiger partial charge in [-0.05, 0) is 17.5 Å². The van der Waals surface area contributed by atoms with Crippen LogP contribution in [0.15, 0.2) is 41.8 Å². The van der Waals surface area contributed by atoms with Crippen molar-refractivity contribution in [1.29, 1.82) is 0 Å². The number of nitrogens with zero attached hydrogens (tertiary/aromatic N) is 2. The van der Waals surface area contributed by atoms with Crippen molar-refractivity contribution in [3.8, 4) is 0 Å². The van der Waals surface area contributed by atoms with Gasteiger partial charge in [0.15, 0.2) is 0 Å². The number of thiophene rings is 1. The van der Waals surface area contributed by atoms with Gasteiger partial charge in [-0.15, -0.1) is 0 Å². The fourth-order valence-electron chi connectivity index (χ4n) is 3.12. The molecule has 1 aliphatic heterocycles. The van der Waals surface area contributed by atoms with Gasteiger partial charge in [0.25, 0.3) is 0 Å². The third kappa shape index (κ3) is 4.39. The molecule has 1 saturated heterocycles. The van der Waals surface area contributed by atoms with Gasteiger partial charge in [0.05, 0.1) is 11.0 Å². The van der Waals surface area contributed by atoms with E-state index >= 15 is 0 Å². The number of benzene rings is 1. The molecule has 2 heterocycles. The number of nitrogens with one attached hydrogen (secondary N) is 1. The van der Waals surface area contributed by atoms with Crippen LogP contribution in [0.4, 0.5) is 5.00 Å². The van der Waals surface area contributed by atoms with Crippen LogP contribution in [-0.2, 0) is 13.1 Å². The first-order valence-corrected chi connectivity index (χ1v) is 8.88. The molecule has 0 radical (unpaired) electrons. The highest BCUT2D eigenvalue weighted by molar-refractivity contribution is 7.13. The Balaban J connectivity index is 1.51.